The van der Waals surface area contributed by atoms with Gasteiger partial charge in [0.2, 0.25) is 10.0 Å². The van der Waals surface area contributed by atoms with Gasteiger partial charge in [-0.15, -0.1) is 5.73 Å². The highest BCUT2D eigenvalue weighted by Gasteiger charge is 2.33. The fraction of sp³-hybridized carbons (Fsp3) is 0.370. The normalized spacial score (nSPS) is 12.9. The Morgan fingerprint density at radius 1 is 1.00 bits per heavy atom. The number of nitrogens with zero attached hydrogens (tertiary/aromatic N) is 1. The molecule has 0 heterocycles. The van der Waals surface area contributed by atoms with E-state index in [1.807, 2.05) is 96.2 Å². The summed E-state index contributed by atoms with van der Waals surface area (Å²) in [5.41, 5.74) is 6.95. The van der Waals surface area contributed by atoms with Gasteiger partial charge in [-0.1, -0.05) is 74.0 Å². The van der Waals surface area contributed by atoms with Gasteiger partial charge in [-0.25, -0.2) is 8.42 Å². The molecule has 0 amide bonds. The molecule has 2 aromatic rings. The first-order valence-corrected chi connectivity index (χ1v) is 12.3. The van der Waals surface area contributed by atoms with E-state index in [9.17, 15) is 8.42 Å². The van der Waals surface area contributed by atoms with Crippen molar-refractivity contribution in [3.05, 3.63) is 94.8 Å². The number of hydrogen-bond acceptors (Lipinski definition) is 2. The van der Waals surface area contributed by atoms with Gasteiger partial charge in [-0.05, 0) is 68.9 Å². The fourth-order valence-corrected chi connectivity index (χ4v) is 5.96. The van der Waals surface area contributed by atoms with Gasteiger partial charge in [0.1, 0.15) is 0 Å². The topological polar surface area (TPSA) is 37.4 Å². The highest BCUT2D eigenvalue weighted by molar-refractivity contribution is 7.89. The molecule has 2 aromatic carbocycles. The van der Waals surface area contributed by atoms with Crippen molar-refractivity contribution in [2.45, 2.75) is 58.9 Å². The second-order valence-electron chi connectivity index (χ2n) is 8.32. The van der Waals surface area contributed by atoms with Crippen molar-refractivity contribution in [3.8, 4) is 0 Å². The summed E-state index contributed by atoms with van der Waals surface area (Å²) in [6.45, 7) is 12.0. The summed E-state index contributed by atoms with van der Waals surface area (Å²) >= 11 is 0. The van der Waals surface area contributed by atoms with Crippen LogP contribution in [-0.4, -0.2) is 25.3 Å². The molecule has 0 saturated carbocycles. The molecule has 0 spiro atoms. The molecule has 0 aliphatic carbocycles. The van der Waals surface area contributed by atoms with E-state index in [-0.39, 0.29) is 12.0 Å². The summed E-state index contributed by atoms with van der Waals surface area (Å²) in [6.07, 6.45) is 8.46. The largest absolute Gasteiger partial charge is 0.244 e. The lowest BCUT2D eigenvalue weighted by Gasteiger charge is -2.31. The number of rotatable bonds is 9. The molecule has 0 fully saturated rings. The summed E-state index contributed by atoms with van der Waals surface area (Å²) in [5, 5.41) is 0. The first-order chi connectivity index (χ1) is 14.7. The predicted molar refractivity (Wildman–Crippen MR) is 131 cm³/mol. The molecule has 0 bridgehead atoms. The lowest BCUT2D eigenvalue weighted by molar-refractivity contribution is 0.324. The molecule has 0 aliphatic rings. The van der Waals surface area contributed by atoms with Crippen LogP contribution in [-0.2, 0) is 16.4 Å². The molecule has 0 aromatic heterocycles. The Bertz CT molecular complexity index is 1040. The lowest BCUT2D eigenvalue weighted by atomic mass is 10.0. The standard InChI is InChI=1S/C27H35NO2S/c1-7-8-17-26(21(2)3)28(18-13-12-16-25-14-10-9-11-15-25)31(29,30)27-23(5)19-22(4)20-24(27)6/h7,9-15,17,19-21,26H,16,18H2,1-6H3/b13-12-/t8?,26-/m1/s1. The van der Waals surface area contributed by atoms with E-state index in [4.69, 9.17) is 0 Å². The summed E-state index contributed by atoms with van der Waals surface area (Å²) in [6, 6.07) is 13.8. The van der Waals surface area contributed by atoms with Crippen LogP contribution in [0.15, 0.2) is 77.4 Å². The first kappa shape index (κ1) is 24.9. The second-order valence-corrected chi connectivity index (χ2v) is 10.1. The number of benzene rings is 2. The molecule has 166 valence electrons. The Kier molecular flexibility index (Phi) is 9.06. The molecular formula is C27H35NO2S. The highest BCUT2D eigenvalue weighted by atomic mass is 32.2. The third-order valence-electron chi connectivity index (χ3n) is 5.27. The van der Waals surface area contributed by atoms with E-state index >= 15 is 0 Å². The Balaban J connectivity index is 2.46. The molecule has 1 atom stereocenters. The third-order valence-corrected chi connectivity index (χ3v) is 7.44. The van der Waals surface area contributed by atoms with Crippen LogP contribution in [0.1, 0.15) is 43.0 Å². The summed E-state index contributed by atoms with van der Waals surface area (Å²) < 4.78 is 29.4. The number of aryl methyl sites for hydroxylation is 3. The maximum atomic E-state index is 13.9. The maximum Gasteiger partial charge on any atom is 0.244 e. The molecule has 0 N–H and O–H groups in total. The van der Waals surface area contributed by atoms with Crippen LogP contribution in [0.2, 0.25) is 0 Å². The van der Waals surface area contributed by atoms with Gasteiger partial charge in [0, 0.05) is 6.54 Å². The molecular weight excluding hydrogens is 402 g/mol. The van der Waals surface area contributed by atoms with Crippen LogP contribution in [0.4, 0.5) is 0 Å². The Morgan fingerprint density at radius 2 is 1.61 bits per heavy atom. The first-order valence-electron chi connectivity index (χ1n) is 10.8. The summed E-state index contributed by atoms with van der Waals surface area (Å²) in [7, 11) is -3.70. The summed E-state index contributed by atoms with van der Waals surface area (Å²) in [4.78, 5) is 0.411. The fourth-order valence-electron chi connectivity index (χ4n) is 3.89. The van der Waals surface area contributed by atoms with Gasteiger partial charge in [-0.2, -0.15) is 4.31 Å². The zero-order valence-electron chi connectivity index (χ0n) is 19.6. The number of sulfonamides is 1. The van der Waals surface area contributed by atoms with E-state index in [0.29, 0.717) is 11.4 Å². The van der Waals surface area contributed by atoms with E-state index < -0.39 is 10.0 Å². The molecule has 3 nitrogen and oxygen atoms in total. The lowest BCUT2D eigenvalue weighted by Crippen LogP contribution is -2.42. The SMILES string of the molecule is CC=C=C[C@H](C(C)C)N(C/C=C\Cc1ccccc1)S(=O)(=O)c1c(C)cc(C)cc1C. The average molecular weight is 438 g/mol. The molecule has 31 heavy (non-hydrogen) atoms. The van der Waals surface area contributed by atoms with E-state index in [0.717, 1.165) is 23.1 Å². The van der Waals surface area contributed by atoms with E-state index in [1.54, 1.807) is 4.31 Å². The van der Waals surface area contributed by atoms with Gasteiger partial charge < -0.3 is 0 Å². The van der Waals surface area contributed by atoms with Crippen molar-refractivity contribution >= 4 is 10.0 Å². The van der Waals surface area contributed by atoms with Crippen molar-refractivity contribution < 1.29 is 8.42 Å². The van der Waals surface area contributed by atoms with Crippen LogP contribution in [0.3, 0.4) is 0 Å². The Labute approximate surface area is 188 Å². The van der Waals surface area contributed by atoms with Crippen LogP contribution in [0.5, 0.6) is 0 Å². The van der Waals surface area contributed by atoms with Gasteiger partial charge >= 0.3 is 0 Å². The van der Waals surface area contributed by atoms with Gasteiger partial charge in [0.25, 0.3) is 0 Å². The molecule has 0 aliphatic heterocycles. The Hall–Kier alpha value is -2.39. The van der Waals surface area contributed by atoms with E-state index in [2.05, 4.69) is 17.9 Å². The molecule has 4 heteroatoms. The molecule has 0 saturated heterocycles. The van der Waals surface area contributed by atoms with Crippen LogP contribution in [0, 0.1) is 26.7 Å². The minimum atomic E-state index is -3.70. The van der Waals surface area contributed by atoms with Crippen molar-refractivity contribution in [2.75, 3.05) is 6.54 Å². The second kappa shape index (κ2) is 11.3. The van der Waals surface area contributed by atoms with Gasteiger partial charge in [0.15, 0.2) is 0 Å². The van der Waals surface area contributed by atoms with Crippen LogP contribution < -0.4 is 0 Å². The summed E-state index contributed by atoms with van der Waals surface area (Å²) in [5.74, 6) is 0.107. The minimum Gasteiger partial charge on any atom is -0.207 e. The molecule has 0 unspecified atom stereocenters. The average Bonchev–Trinajstić information content (AvgIpc) is 2.69. The quantitative estimate of drug-likeness (QED) is 0.348. The predicted octanol–water partition coefficient (Wildman–Crippen LogP) is 6.16. The smallest absolute Gasteiger partial charge is 0.207 e. The maximum absolute atomic E-state index is 13.9. The minimum absolute atomic E-state index is 0.107. The van der Waals surface area contributed by atoms with Crippen LogP contribution >= 0.6 is 0 Å². The zero-order valence-corrected chi connectivity index (χ0v) is 20.4. The third kappa shape index (κ3) is 6.54. The number of hydrogen-bond donors (Lipinski definition) is 0. The zero-order chi connectivity index (χ0) is 23.0. The van der Waals surface area contributed by atoms with Crippen molar-refractivity contribution in [1.29, 1.82) is 0 Å². The van der Waals surface area contributed by atoms with Crippen molar-refractivity contribution in [3.63, 3.8) is 0 Å². The molecule has 2 rings (SSSR count). The Morgan fingerprint density at radius 3 is 2.16 bits per heavy atom. The van der Waals surface area contributed by atoms with Gasteiger partial charge in [-0.3, -0.25) is 0 Å². The van der Waals surface area contributed by atoms with Crippen molar-refractivity contribution in [1.82, 2.24) is 4.31 Å². The van der Waals surface area contributed by atoms with E-state index in [1.165, 1.54) is 5.56 Å². The monoisotopic (exact) mass is 437 g/mol. The number of allylic oxidation sites excluding steroid dienone is 1. The highest BCUT2D eigenvalue weighted by Crippen LogP contribution is 2.28. The molecule has 0 radical (unpaired) electrons. The van der Waals surface area contributed by atoms with Gasteiger partial charge in [0.05, 0.1) is 10.9 Å². The van der Waals surface area contributed by atoms with Crippen LogP contribution in [0.25, 0.3) is 0 Å². The van der Waals surface area contributed by atoms with Crippen molar-refractivity contribution in [2.24, 2.45) is 5.92 Å².